The van der Waals surface area contributed by atoms with Crippen LogP contribution in [0.25, 0.3) is 0 Å². The number of amides is 1. The lowest BCUT2D eigenvalue weighted by Crippen LogP contribution is -2.27. The third kappa shape index (κ3) is 2.48. The van der Waals surface area contributed by atoms with E-state index < -0.39 is 0 Å². The van der Waals surface area contributed by atoms with Gasteiger partial charge in [0, 0.05) is 6.42 Å². The Bertz CT molecular complexity index is 162. The molecule has 0 bridgehead atoms. The molecule has 3 nitrogen and oxygen atoms in total. The molecular formula is C9H17NO2. The van der Waals surface area contributed by atoms with Crippen LogP contribution in [0.15, 0.2) is 0 Å². The van der Waals surface area contributed by atoms with Crippen molar-refractivity contribution in [1.82, 2.24) is 5.48 Å². The molecule has 0 radical (unpaired) electrons. The van der Waals surface area contributed by atoms with Gasteiger partial charge in [-0.3, -0.25) is 9.63 Å². The maximum absolute atomic E-state index is 11.2. The van der Waals surface area contributed by atoms with Gasteiger partial charge in [0.15, 0.2) is 0 Å². The first-order chi connectivity index (χ1) is 5.66. The number of rotatable bonds is 3. The zero-order valence-electron chi connectivity index (χ0n) is 7.85. The molecule has 1 saturated carbocycles. The fraction of sp³-hybridized carbons (Fsp3) is 0.889. The van der Waals surface area contributed by atoms with Crippen molar-refractivity contribution in [2.75, 3.05) is 7.11 Å². The zero-order chi connectivity index (χ0) is 9.03. The Labute approximate surface area is 73.4 Å². The predicted octanol–water partition coefficient (Wildman–Crippen LogP) is 1.63. The van der Waals surface area contributed by atoms with Gasteiger partial charge in [0.1, 0.15) is 0 Å². The van der Waals surface area contributed by atoms with Gasteiger partial charge >= 0.3 is 0 Å². The molecule has 1 N–H and O–H groups in total. The molecule has 0 unspecified atom stereocenters. The van der Waals surface area contributed by atoms with E-state index in [9.17, 15) is 4.79 Å². The molecule has 0 saturated heterocycles. The molecule has 1 rings (SSSR count). The van der Waals surface area contributed by atoms with E-state index in [0.29, 0.717) is 6.42 Å². The Hall–Kier alpha value is -0.570. The van der Waals surface area contributed by atoms with Gasteiger partial charge in [-0.15, -0.1) is 0 Å². The molecule has 0 aromatic carbocycles. The standard InChI is InChI=1S/C9H17NO2/c1-9(5-3-4-6-9)7-8(11)10-12-2/h3-7H2,1-2H3,(H,10,11). The lowest BCUT2D eigenvalue weighted by Gasteiger charge is -2.21. The summed E-state index contributed by atoms with van der Waals surface area (Å²) in [5.74, 6) is 0.00176. The molecule has 1 aliphatic carbocycles. The third-order valence-electron chi connectivity index (χ3n) is 2.61. The highest BCUT2D eigenvalue weighted by atomic mass is 16.6. The van der Waals surface area contributed by atoms with Gasteiger partial charge in [-0.2, -0.15) is 0 Å². The van der Waals surface area contributed by atoms with Crippen LogP contribution in [0.1, 0.15) is 39.0 Å². The minimum Gasteiger partial charge on any atom is -0.277 e. The molecule has 12 heavy (non-hydrogen) atoms. The summed E-state index contributed by atoms with van der Waals surface area (Å²) in [6.07, 6.45) is 5.46. The van der Waals surface area contributed by atoms with Crippen LogP contribution in [0.2, 0.25) is 0 Å². The van der Waals surface area contributed by atoms with Crippen LogP contribution < -0.4 is 5.48 Å². The van der Waals surface area contributed by atoms with Gasteiger partial charge in [0.2, 0.25) is 5.91 Å². The van der Waals surface area contributed by atoms with E-state index in [1.807, 2.05) is 0 Å². The van der Waals surface area contributed by atoms with E-state index in [1.165, 1.54) is 32.8 Å². The second kappa shape index (κ2) is 3.90. The number of carbonyl (C=O) groups excluding carboxylic acids is 1. The third-order valence-corrected chi connectivity index (χ3v) is 2.61. The van der Waals surface area contributed by atoms with E-state index >= 15 is 0 Å². The van der Waals surface area contributed by atoms with Crippen molar-refractivity contribution >= 4 is 5.91 Å². The molecule has 0 spiro atoms. The molecule has 1 amide bonds. The number of hydrogen-bond donors (Lipinski definition) is 1. The average Bonchev–Trinajstić information content (AvgIpc) is 2.36. The van der Waals surface area contributed by atoms with Gasteiger partial charge in [-0.05, 0) is 18.3 Å². The van der Waals surface area contributed by atoms with Crippen molar-refractivity contribution in [3.8, 4) is 0 Å². The largest absolute Gasteiger partial charge is 0.277 e. The average molecular weight is 171 g/mol. The van der Waals surface area contributed by atoms with Crippen LogP contribution in [0, 0.1) is 5.41 Å². The summed E-state index contributed by atoms with van der Waals surface area (Å²) in [5.41, 5.74) is 2.58. The molecule has 1 fully saturated rings. The van der Waals surface area contributed by atoms with Crippen molar-refractivity contribution in [3.05, 3.63) is 0 Å². The Morgan fingerprint density at radius 1 is 1.50 bits per heavy atom. The lowest BCUT2D eigenvalue weighted by molar-refractivity contribution is -0.133. The lowest BCUT2D eigenvalue weighted by atomic mass is 9.85. The topological polar surface area (TPSA) is 38.3 Å². The van der Waals surface area contributed by atoms with E-state index in [4.69, 9.17) is 0 Å². The van der Waals surface area contributed by atoms with E-state index in [0.717, 1.165) is 0 Å². The van der Waals surface area contributed by atoms with Crippen LogP contribution >= 0.6 is 0 Å². The zero-order valence-corrected chi connectivity index (χ0v) is 7.85. The summed E-state index contributed by atoms with van der Waals surface area (Å²) in [6, 6.07) is 0. The Kier molecular flexibility index (Phi) is 3.09. The van der Waals surface area contributed by atoms with Crippen molar-refractivity contribution in [2.24, 2.45) is 5.41 Å². The minimum absolute atomic E-state index is 0.00176. The van der Waals surface area contributed by atoms with Gasteiger partial charge in [-0.1, -0.05) is 19.8 Å². The molecule has 0 heterocycles. The number of carbonyl (C=O) groups is 1. The second-order valence-electron chi connectivity index (χ2n) is 3.92. The molecule has 0 atom stereocenters. The van der Waals surface area contributed by atoms with Crippen LogP contribution in [0.5, 0.6) is 0 Å². The molecular weight excluding hydrogens is 154 g/mol. The van der Waals surface area contributed by atoms with Crippen LogP contribution in [-0.2, 0) is 9.63 Å². The first-order valence-corrected chi connectivity index (χ1v) is 4.48. The van der Waals surface area contributed by atoms with E-state index in [-0.39, 0.29) is 11.3 Å². The molecule has 70 valence electrons. The van der Waals surface area contributed by atoms with Crippen molar-refractivity contribution in [1.29, 1.82) is 0 Å². The smallest absolute Gasteiger partial charge is 0.244 e. The van der Waals surface area contributed by atoms with Crippen LogP contribution in [-0.4, -0.2) is 13.0 Å². The van der Waals surface area contributed by atoms with Gasteiger partial charge in [-0.25, -0.2) is 5.48 Å². The predicted molar refractivity (Wildman–Crippen MR) is 46.3 cm³/mol. The normalized spacial score (nSPS) is 20.8. The van der Waals surface area contributed by atoms with Crippen molar-refractivity contribution in [2.45, 2.75) is 39.0 Å². The first-order valence-electron chi connectivity index (χ1n) is 4.48. The number of nitrogens with one attached hydrogen (secondary N) is 1. The van der Waals surface area contributed by atoms with Gasteiger partial charge in [0.25, 0.3) is 0 Å². The fourth-order valence-corrected chi connectivity index (χ4v) is 1.94. The first kappa shape index (κ1) is 9.52. The quantitative estimate of drug-likeness (QED) is 0.655. The summed E-state index contributed by atoms with van der Waals surface area (Å²) < 4.78 is 0. The molecule has 0 aromatic rings. The maximum Gasteiger partial charge on any atom is 0.244 e. The molecule has 0 aliphatic heterocycles. The summed E-state index contributed by atoms with van der Waals surface area (Å²) in [7, 11) is 1.47. The summed E-state index contributed by atoms with van der Waals surface area (Å²) in [6.45, 7) is 2.18. The summed E-state index contributed by atoms with van der Waals surface area (Å²) in [5, 5.41) is 0. The summed E-state index contributed by atoms with van der Waals surface area (Å²) >= 11 is 0. The number of hydrogen-bond acceptors (Lipinski definition) is 2. The summed E-state index contributed by atoms with van der Waals surface area (Å²) in [4.78, 5) is 15.7. The van der Waals surface area contributed by atoms with Crippen molar-refractivity contribution in [3.63, 3.8) is 0 Å². The van der Waals surface area contributed by atoms with Crippen molar-refractivity contribution < 1.29 is 9.63 Å². The monoisotopic (exact) mass is 171 g/mol. The second-order valence-corrected chi connectivity index (χ2v) is 3.92. The highest BCUT2D eigenvalue weighted by Crippen LogP contribution is 2.40. The highest BCUT2D eigenvalue weighted by molar-refractivity contribution is 5.75. The molecule has 3 heteroatoms. The molecule has 0 aromatic heterocycles. The highest BCUT2D eigenvalue weighted by Gasteiger charge is 2.30. The minimum atomic E-state index is 0.00176. The van der Waals surface area contributed by atoms with Crippen LogP contribution in [0.4, 0.5) is 0 Å². The van der Waals surface area contributed by atoms with Crippen LogP contribution in [0.3, 0.4) is 0 Å². The SMILES string of the molecule is CONC(=O)CC1(C)CCCC1. The van der Waals surface area contributed by atoms with Gasteiger partial charge in [0.05, 0.1) is 7.11 Å². The number of hydroxylamine groups is 1. The Balaban J connectivity index is 2.33. The van der Waals surface area contributed by atoms with E-state index in [2.05, 4.69) is 17.2 Å². The Morgan fingerprint density at radius 3 is 2.58 bits per heavy atom. The van der Waals surface area contributed by atoms with Gasteiger partial charge < -0.3 is 0 Å². The fourth-order valence-electron chi connectivity index (χ4n) is 1.94. The maximum atomic E-state index is 11.2. The van der Waals surface area contributed by atoms with E-state index in [1.54, 1.807) is 0 Å². The molecule has 1 aliphatic rings. The Morgan fingerprint density at radius 2 is 2.08 bits per heavy atom.